The van der Waals surface area contributed by atoms with E-state index in [9.17, 15) is 0 Å². The Kier molecular flexibility index (Phi) is 3.57. The summed E-state index contributed by atoms with van der Waals surface area (Å²) in [6, 6.07) is 13.1. The average molecular weight is 244 g/mol. The number of rotatable bonds is 4. The minimum atomic E-state index is 0.683. The molecule has 18 heavy (non-hydrogen) atoms. The second-order valence-electron chi connectivity index (χ2n) is 3.78. The third kappa shape index (κ3) is 2.48. The summed E-state index contributed by atoms with van der Waals surface area (Å²) in [6.07, 6.45) is 0. The van der Waals surface area contributed by atoms with Gasteiger partial charge in [-0.3, -0.25) is 0 Å². The molecule has 94 valence electrons. The van der Waals surface area contributed by atoms with Crippen molar-refractivity contribution in [1.29, 1.82) is 0 Å². The molecule has 0 saturated carbocycles. The highest BCUT2D eigenvalue weighted by Gasteiger charge is 2.06. The minimum Gasteiger partial charge on any atom is -0.497 e. The molecule has 4 nitrogen and oxygen atoms in total. The predicted octanol–water partition coefficient (Wildman–Crippen LogP) is 3.03. The smallest absolute Gasteiger partial charge is 0.142 e. The molecule has 4 heteroatoms. The van der Waals surface area contributed by atoms with Crippen LogP contribution in [0.1, 0.15) is 0 Å². The van der Waals surface area contributed by atoms with Crippen LogP contribution in [0.5, 0.6) is 11.5 Å². The summed E-state index contributed by atoms with van der Waals surface area (Å²) in [7, 11) is 3.25. The van der Waals surface area contributed by atoms with E-state index < -0.39 is 0 Å². The summed E-state index contributed by atoms with van der Waals surface area (Å²) >= 11 is 0. The van der Waals surface area contributed by atoms with Gasteiger partial charge in [0, 0.05) is 6.07 Å². The quantitative estimate of drug-likeness (QED) is 0.812. The molecule has 0 aliphatic rings. The Hall–Kier alpha value is -2.36. The lowest BCUT2D eigenvalue weighted by molar-refractivity contribution is 0.405. The summed E-state index contributed by atoms with van der Waals surface area (Å²) < 4.78 is 10.5. The minimum absolute atomic E-state index is 0.683. The number of nitrogens with two attached hydrogens (primary N) is 1. The molecule has 0 fully saturated rings. The topological polar surface area (TPSA) is 56.5 Å². The number of ether oxygens (including phenoxy) is 2. The second kappa shape index (κ2) is 5.31. The average Bonchev–Trinajstić information content (AvgIpc) is 2.41. The van der Waals surface area contributed by atoms with E-state index in [-0.39, 0.29) is 0 Å². The van der Waals surface area contributed by atoms with Gasteiger partial charge in [0.15, 0.2) is 0 Å². The van der Waals surface area contributed by atoms with E-state index in [1.807, 2.05) is 42.5 Å². The van der Waals surface area contributed by atoms with Crippen LogP contribution >= 0.6 is 0 Å². The van der Waals surface area contributed by atoms with Crippen LogP contribution in [0.2, 0.25) is 0 Å². The molecular weight excluding hydrogens is 228 g/mol. The van der Waals surface area contributed by atoms with Crippen molar-refractivity contribution in [2.24, 2.45) is 0 Å². The molecule has 0 aliphatic heterocycles. The zero-order valence-electron chi connectivity index (χ0n) is 10.4. The molecule has 0 aromatic heterocycles. The first-order valence-electron chi connectivity index (χ1n) is 5.58. The van der Waals surface area contributed by atoms with Gasteiger partial charge in [0.1, 0.15) is 11.5 Å². The van der Waals surface area contributed by atoms with E-state index in [2.05, 4.69) is 5.32 Å². The number of para-hydroxylation sites is 2. The maximum atomic E-state index is 5.90. The number of nitrogens with one attached hydrogen (secondary N) is 1. The van der Waals surface area contributed by atoms with Crippen LogP contribution in [0.25, 0.3) is 0 Å². The summed E-state index contributed by atoms with van der Waals surface area (Å²) in [4.78, 5) is 0. The fraction of sp³-hybridized carbons (Fsp3) is 0.143. The lowest BCUT2D eigenvalue weighted by atomic mass is 10.2. The van der Waals surface area contributed by atoms with Crippen molar-refractivity contribution in [3.05, 3.63) is 42.5 Å². The molecule has 0 spiro atoms. The van der Waals surface area contributed by atoms with E-state index in [1.165, 1.54) is 0 Å². The van der Waals surface area contributed by atoms with Gasteiger partial charge in [-0.25, -0.2) is 0 Å². The molecule has 0 radical (unpaired) electrons. The maximum absolute atomic E-state index is 5.90. The van der Waals surface area contributed by atoms with E-state index in [0.29, 0.717) is 5.69 Å². The van der Waals surface area contributed by atoms with Gasteiger partial charge in [-0.1, -0.05) is 12.1 Å². The number of anilines is 3. The normalized spacial score (nSPS) is 9.89. The van der Waals surface area contributed by atoms with Crippen molar-refractivity contribution < 1.29 is 9.47 Å². The zero-order chi connectivity index (χ0) is 13.0. The monoisotopic (exact) mass is 244 g/mol. The SMILES string of the molecule is COc1ccc(OC)c(Nc2ccccc2N)c1. The number of hydrogen-bond acceptors (Lipinski definition) is 4. The Morgan fingerprint density at radius 2 is 1.72 bits per heavy atom. The van der Waals surface area contributed by atoms with Gasteiger partial charge in [0.2, 0.25) is 0 Å². The number of nitrogen functional groups attached to an aromatic ring is 1. The van der Waals surface area contributed by atoms with E-state index in [1.54, 1.807) is 14.2 Å². The molecular formula is C14H16N2O2. The summed E-state index contributed by atoms with van der Waals surface area (Å²) in [6.45, 7) is 0. The summed E-state index contributed by atoms with van der Waals surface area (Å²) in [5, 5.41) is 3.24. The Labute approximate surface area is 106 Å². The number of methoxy groups -OCH3 is 2. The van der Waals surface area contributed by atoms with Crippen molar-refractivity contribution in [3.63, 3.8) is 0 Å². The molecule has 2 rings (SSSR count). The third-order valence-corrected chi connectivity index (χ3v) is 2.64. The van der Waals surface area contributed by atoms with Gasteiger partial charge >= 0.3 is 0 Å². The molecule has 0 aliphatic carbocycles. The number of benzene rings is 2. The molecule has 0 amide bonds. The van der Waals surface area contributed by atoms with Crippen molar-refractivity contribution >= 4 is 17.1 Å². The Morgan fingerprint density at radius 1 is 0.944 bits per heavy atom. The molecule has 0 heterocycles. The van der Waals surface area contributed by atoms with Gasteiger partial charge < -0.3 is 20.5 Å². The molecule has 2 aromatic rings. The van der Waals surface area contributed by atoms with Crippen molar-refractivity contribution in [1.82, 2.24) is 0 Å². The molecule has 2 aromatic carbocycles. The van der Waals surface area contributed by atoms with Crippen LogP contribution < -0.4 is 20.5 Å². The molecule has 0 saturated heterocycles. The number of hydrogen-bond donors (Lipinski definition) is 2. The molecule has 3 N–H and O–H groups in total. The van der Waals surface area contributed by atoms with Crippen LogP contribution in [0.4, 0.5) is 17.1 Å². The van der Waals surface area contributed by atoms with Gasteiger partial charge in [-0.05, 0) is 24.3 Å². The predicted molar refractivity (Wildman–Crippen MR) is 73.7 cm³/mol. The molecule has 0 atom stereocenters. The van der Waals surface area contributed by atoms with Crippen LogP contribution in [-0.2, 0) is 0 Å². The van der Waals surface area contributed by atoms with E-state index in [0.717, 1.165) is 22.9 Å². The second-order valence-corrected chi connectivity index (χ2v) is 3.78. The van der Waals surface area contributed by atoms with Gasteiger partial charge in [-0.2, -0.15) is 0 Å². The maximum Gasteiger partial charge on any atom is 0.142 e. The summed E-state index contributed by atoms with van der Waals surface area (Å²) in [5.74, 6) is 1.49. The standard InChI is InChI=1S/C14H16N2O2/c1-17-10-7-8-14(18-2)13(9-10)16-12-6-4-3-5-11(12)15/h3-9,16H,15H2,1-2H3. The highest BCUT2D eigenvalue weighted by atomic mass is 16.5. The molecule has 0 bridgehead atoms. The van der Waals surface area contributed by atoms with Crippen LogP contribution in [0.15, 0.2) is 42.5 Å². The third-order valence-electron chi connectivity index (χ3n) is 2.64. The van der Waals surface area contributed by atoms with Crippen LogP contribution in [0, 0.1) is 0 Å². The molecule has 0 unspecified atom stereocenters. The van der Waals surface area contributed by atoms with Crippen molar-refractivity contribution in [2.75, 3.05) is 25.3 Å². The Bertz CT molecular complexity index is 541. The van der Waals surface area contributed by atoms with E-state index >= 15 is 0 Å². The van der Waals surface area contributed by atoms with Crippen molar-refractivity contribution in [3.8, 4) is 11.5 Å². The highest BCUT2D eigenvalue weighted by molar-refractivity contribution is 5.75. The van der Waals surface area contributed by atoms with Gasteiger partial charge in [0.05, 0.1) is 31.3 Å². The Balaban J connectivity index is 2.35. The van der Waals surface area contributed by atoms with Gasteiger partial charge in [-0.15, -0.1) is 0 Å². The van der Waals surface area contributed by atoms with E-state index in [4.69, 9.17) is 15.2 Å². The Morgan fingerprint density at radius 3 is 2.39 bits per heavy atom. The first-order chi connectivity index (χ1) is 8.74. The first kappa shape index (κ1) is 12.1. The van der Waals surface area contributed by atoms with Crippen LogP contribution in [-0.4, -0.2) is 14.2 Å². The lowest BCUT2D eigenvalue weighted by Gasteiger charge is -2.13. The van der Waals surface area contributed by atoms with Crippen molar-refractivity contribution in [2.45, 2.75) is 0 Å². The first-order valence-corrected chi connectivity index (χ1v) is 5.58. The van der Waals surface area contributed by atoms with Crippen LogP contribution in [0.3, 0.4) is 0 Å². The fourth-order valence-electron chi connectivity index (χ4n) is 1.67. The zero-order valence-corrected chi connectivity index (χ0v) is 10.4. The van der Waals surface area contributed by atoms with Gasteiger partial charge in [0.25, 0.3) is 0 Å². The largest absolute Gasteiger partial charge is 0.497 e. The fourth-order valence-corrected chi connectivity index (χ4v) is 1.67. The summed E-state index contributed by atoms with van der Waals surface area (Å²) in [5.41, 5.74) is 8.23. The lowest BCUT2D eigenvalue weighted by Crippen LogP contribution is -1.98. The highest BCUT2D eigenvalue weighted by Crippen LogP contribution is 2.32.